The summed E-state index contributed by atoms with van der Waals surface area (Å²) in [4.78, 5) is 16.0. The van der Waals surface area contributed by atoms with Crippen LogP contribution in [0.4, 0.5) is 0 Å². The van der Waals surface area contributed by atoms with E-state index in [9.17, 15) is 4.79 Å². The van der Waals surface area contributed by atoms with E-state index in [-0.39, 0.29) is 11.4 Å². The van der Waals surface area contributed by atoms with E-state index in [4.69, 9.17) is 5.73 Å². The lowest BCUT2D eigenvalue weighted by Gasteiger charge is -2.31. The van der Waals surface area contributed by atoms with Crippen molar-refractivity contribution in [2.24, 2.45) is 11.7 Å². The van der Waals surface area contributed by atoms with Gasteiger partial charge in [-0.15, -0.1) is 0 Å². The Balaban J connectivity index is 2.57. The molecule has 1 rings (SSSR count). The van der Waals surface area contributed by atoms with Gasteiger partial charge >= 0.3 is 0 Å². The van der Waals surface area contributed by atoms with Crippen molar-refractivity contribution in [3.8, 4) is 0 Å². The number of amides is 1. The molecule has 0 spiro atoms. The van der Waals surface area contributed by atoms with E-state index in [2.05, 4.69) is 24.1 Å². The molecule has 18 heavy (non-hydrogen) atoms. The summed E-state index contributed by atoms with van der Waals surface area (Å²) in [6.45, 7) is 6.69. The molecule has 1 atom stereocenters. The third kappa shape index (κ3) is 4.84. The van der Waals surface area contributed by atoms with Crippen molar-refractivity contribution in [2.45, 2.75) is 39.2 Å². The number of carbonyl (C=O) groups excluding carboxylic acids is 1. The average molecular weight is 249 g/mol. The molecule has 1 unspecified atom stereocenters. The highest BCUT2D eigenvalue weighted by Crippen LogP contribution is 2.15. The first kappa shape index (κ1) is 14.6. The molecule has 0 fully saturated rings. The summed E-state index contributed by atoms with van der Waals surface area (Å²) in [6, 6.07) is 3.73. The van der Waals surface area contributed by atoms with Crippen LogP contribution < -0.4 is 11.1 Å². The van der Waals surface area contributed by atoms with Crippen LogP contribution in [0.25, 0.3) is 0 Å². The number of aromatic nitrogens is 1. The number of nitrogens with two attached hydrogens (primary N) is 1. The molecule has 0 aliphatic heterocycles. The minimum atomic E-state index is -0.326. The lowest BCUT2D eigenvalue weighted by atomic mass is 9.90. The van der Waals surface area contributed by atoms with Gasteiger partial charge in [-0.1, -0.05) is 19.9 Å². The molecular weight excluding hydrogens is 226 g/mol. The van der Waals surface area contributed by atoms with Gasteiger partial charge in [-0.2, -0.15) is 0 Å². The molecule has 0 aliphatic rings. The van der Waals surface area contributed by atoms with Gasteiger partial charge in [-0.3, -0.25) is 9.78 Å². The third-order valence-electron chi connectivity index (χ3n) is 2.84. The SMILES string of the molecule is CC(C)CC(C)(CN)NC(=O)Cc1cccnc1. The maximum absolute atomic E-state index is 12.0. The van der Waals surface area contributed by atoms with Crippen molar-refractivity contribution in [3.63, 3.8) is 0 Å². The summed E-state index contributed by atoms with van der Waals surface area (Å²) in [5.41, 5.74) is 6.36. The summed E-state index contributed by atoms with van der Waals surface area (Å²) in [6.07, 6.45) is 4.63. The van der Waals surface area contributed by atoms with Crippen LogP contribution in [0.3, 0.4) is 0 Å². The second-order valence-corrected chi connectivity index (χ2v) is 5.45. The predicted octanol–water partition coefficient (Wildman–Crippen LogP) is 1.50. The molecule has 3 N–H and O–H groups in total. The minimum absolute atomic E-state index is 0.00315. The molecule has 0 aliphatic carbocycles. The molecule has 0 saturated carbocycles. The molecule has 1 amide bonds. The van der Waals surface area contributed by atoms with E-state index in [1.165, 1.54) is 0 Å². The molecule has 4 nitrogen and oxygen atoms in total. The van der Waals surface area contributed by atoms with Crippen molar-refractivity contribution in [3.05, 3.63) is 30.1 Å². The van der Waals surface area contributed by atoms with Crippen molar-refractivity contribution in [2.75, 3.05) is 6.54 Å². The van der Waals surface area contributed by atoms with Crippen molar-refractivity contribution >= 4 is 5.91 Å². The summed E-state index contributed by atoms with van der Waals surface area (Å²) in [5.74, 6) is 0.494. The standard InChI is InChI=1S/C14H23N3O/c1-11(2)8-14(3,10-15)17-13(18)7-12-5-4-6-16-9-12/h4-6,9,11H,7-8,10,15H2,1-3H3,(H,17,18). The van der Waals surface area contributed by atoms with Crippen LogP contribution in [0.15, 0.2) is 24.5 Å². The van der Waals surface area contributed by atoms with E-state index in [0.717, 1.165) is 12.0 Å². The van der Waals surface area contributed by atoms with Crippen molar-refractivity contribution in [1.29, 1.82) is 0 Å². The first-order chi connectivity index (χ1) is 8.45. The largest absolute Gasteiger partial charge is 0.349 e. The fraction of sp³-hybridized carbons (Fsp3) is 0.571. The molecular formula is C14H23N3O. The Hall–Kier alpha value is -1.42. The van der Waals surface area contributed by atoms with Crippen LogP contribution in [-0.4, -0.2) is 23.0 Å². The highest BCUT2D eigenvalue weighted by molar-refractivity contribution is 5.79. The number of nitrogens with zero attached hydrogens (tertiary/aromatic N) is 1. The molecule has 0 bridgehead atoms. The second kappa shape index (κ2) is 6.50. The van der Waals surface area contributed by atoms with E-state index < -0.39 is 0 Å². The van der Waals surface area contributed by atoms with Gasteiger partial charge in [0.2, 0.25) is 5.91 Å². The zero-order valence-electron chi connectivity index (χ0n) is 11.4. The lowest BCUT2D eigenvalue weighted by molar-refractivity contribution is -0.122. The summed E-state index contributed by atoms with van der Waals surface area (Å²) < 4.78 is 0. The number of rotatable bonds is 6. The average Bonchev–Trinajstić information content (AvgIpc) is 2.28. The van der Waals surface area contributed by atoms with Crippen LogP contribution in [-0.2, 0) is 11.2 Å². The van der Waals surface area contributed by atoms with Gasteiger partial charge in [-0.25, -0.2) is 0 Å². The fourth-order valence-corrected chi connectivity index (χ4v) is 2.16. The number of carbonyl (C=O) groups is 1. The zero-order chi connectivity index (χ0) is 13.6. The molecule has 0 saturated heterocycles. The topological polar surface area (TPSA) is 68.0 Å². The Bertz CT molecular complexity index is 378. The lowest BCUT2D eigenvalue weighted by Crippen LogP contribution is -2.52. The molecule has 1 heterocycles. The number of hydrogen-bond acceptors (Lipinski definition) is 3. The van der Waals surface area contributed by atoms with Crippen LogP contribution in [0, 0.1) is 5.92 Å². The second-order valence-electron chi connectivity index (χ2n) is 5.45. The van der Waals surface area contributed by atoms with Crippen LogP contribution in [0.2, 0.25) is 0 Å². The Kier molecular flexibility index (Phi) is 5.28. The molecule has 0 aromatic carbocycles. The molecule has 1 aromatic rings. The highest BCUT2D eigenvalue weighted by atomic mass is 16.1. The Morgan fingerprint density at radius 2 is 2.28 bits per heavy atom. The van der Waals surface area contributed by atoms with E-state index in [0.29, 0.717) is 18.9 Å². The zero-order valence-corrected chi connectivity index (χ0v) is 11.4. The quantitative estimate of drug-likeness (QED) is 0.803. The van der Waals surface area contributed by atoms with Crippen LogP contribution >= 0.6 is 0 Å². The van der Waals surface area contributed by atoms with Crippen molar-refractivity contribution < 1.29 is 4.79 Å². The Labute approximate surface area is 109 Å². The summed E-state index contributed by atoms with van der Waals surface area (Å²) in [7, 11) is 0. The summed E-state index contributed by atoms with van der Waals surface area (Å²) >= 11 is 0. The molecule has 0 radical (unpaired) electrons. The first-order valence-corrected chi connectivity index (χ1v) is 6.35. The number of pyridine rings is 1. The maximum atomic E-state index is 12.0. The molecule has 1 aromatic heterocycles. The van der Waals surface area contributed by atoms with Crippen LogP contribution in [0.1, 0.15) is 32.8 Å². The van der Waals surface area contributed by atoms with E-state index in [1.807, 2.05) is 19.1 Å². The fourth-order valence-electron chi connectivity index (χ4n) is 2.16. The van der Waals surface area contributed by atoms with Gasteiger partial charge in [0.1, 0.15) is 0 Å². The summed E-state index contributed by atoms with van der Waals surface area (Å²) in [5, 5.41) is 3.03. The van der Waals surface area contributed by atoms with Crippen LogP contribution in [0.5, 0.6) is 0 Å². The third-order valence-corrected chi connectivity index (χ3v) is 2.84. The normalized spacial score (nSPS) is 14.3. The molecule has 100 valence electrons. The highest BCUT2D eigenvalue weighted by Gasteiger charge is 2.25. The smallest absolute Gasteiger partial charge is 0.224 e. The van der Waals surface area contributed by atoms with Gasteiger partial charge < -0.3 is 11.1 Å². The van der Waals surface area contributed by atoms with E-state index >= 15 is 0 Å². The minimum Gasteiger partial charge on any atom is -0.349 e. The van der Waals surface area contributed by atoms with Gasteiger partial charge in [0.25, 0.3) is 0 Å². The van der Waals surface area contributed by atoms with Crippen molar-refractivity contribution in [1.82, 2.24) is 10.3 Å². The number of hydrogen-bond donors (Lipinski definition) is 2. The van der Waals surface area contributed by atoms with Gasteiger partial charge in [0.15, 0.2) is 0 Å². The van der Waals surface area contributed by atoms with Gasteiger partial charge in [0, 0.05) is 24.5 Å². The Morgan fingerprint density at radius 3 is 2.78 bits per heavy atom. The van der Waals surface area contributed by atoms with Gasteiger partial charge in [0.05, 0.1) is 6.42 Å². The monoisotopic (exact) mass is 249 g/mol. The first-order valence-electron chi connectivity index (χ1n) is 6.35. The molecule has 4 heteroatoms. The predicted molar refractivity (Wildman–Crippen MR) is 73.0 cm³/mol. The van der Waals surface area contributed by atoms with E-state index in [1.54, 1.807) is 12.4 Å². The maximum Gasteiger partial charge on any atom is 0.224 e. The number of nitrogens with one attached hydrogen (secondary N) is 1. The van der Waals surface area contributed by atoms with Gasteiger partial charge in [-0.05, 0) is 30.9 Å². The Morgan fingerprint density at radius 1 is 1.56 bits per heavy atom.